The van der Waals surface area contributed by atoms with E-state index in [1.807, 2.05) is 0 Å². The lowest BCUT2D eigenvalue weighted by Crippen LogP contribution is -2.30. The maximum absolute atomic E-state index is 2.41. The zero-order valence-electron chi connectivity index (χ0n) is 28.0. The first-order chi connectivity index (χ1) is 19.9. The van der Waals surface area contributed by atoms with E-state index < -0.39 is 0 Å². The number of nitrogens with zero attached hydrogens (tertiary/aromatic N) is 2. The Morgan fingerprint density at radius 2 is 0.675 bits per heavy atom. The molecule has 1 aromatic heterocycles. The van der Waals surface area contributed by atoms with E-state index in [0.29, 0.717) is 0 Å². The number of aromatic nitrogens is 2. The van der Waals surface area contributed by atoms with E-state index in [0.717, 1.165) is 0 Å². The molecule has 0 unspecified atom stereocenters. The summed E-state index contributed by atoms with van der Waals surface area (Å²) in [6.45, 7) is 7.01. The minimum absolute atomic E-state index is 1.20. The Bertz CT molecular complexity index is 592. The minimum atomic E-state index is 1.20. The Balaban J connectivity index is 1.79. The third kappa shape index (κ3) is 26.1. The summed E-state index contributed by atoms with van der Waals surface area (Å²) in [5.41, 5.74) is 0. The quantitative estimate of drug-likeness (QED) is 0.0598. The molecule has 0 aromatic carbocycles. The fourth-order valence-corrected chi connectivity index (χ4v) is 6.21. The second-order valence-electron chi connectivity index (χ2n) is 13.1. The zero-order valence-corrected chi connectivity index (χ0v) is 28.0. The number of aryl methyl sites for hydroxylation is 2. The van der Waals surface area contributed by atoms with E-state index in [1.54, 1.807) is 0 Å². The van der Waals surface area contributed by atoms with Gasteiger partial charge in [0.2, 0.25) is 6.33 Å². The molecule has 0 spiro atoms. The molecule has 0 bridgehead atoms. The van der Waals surface area contributed by atoms with Gasteiger partial charge in [-0.05, 0) is 25.7 Å². The summed E-state index contributed by atoms with van der Waals surface area (Å²) in [7, 11) is 0. The van der Waals surface area contributed by atoms with Crippen molar-refractivity contribution in [1.82, 2.24) is 4.57 Å². The van der Waals surface area contributed by atoms with E-state index in [9.17, 15) is 0 Å². The number of unbranched alkanes of at least 4 members (excludes halogenated alkanes) is 29. The summed E-state index contributed by atoms with van der Waals surface area (Å²) < 4.78 is 4.82. The van der Waals surface area contributed by atoms with E-state index in [2.05, 4.69) is 41.7 Å². The van der Waals surface area contributed by atoms with Crippen molar-refractivity contribution in [2.75, 3.05) is 0 Å². The first-order valence-electron chi connectivity index (χ1n) is 18.9. The van der Waals surface area contributed by atoms with E-state index in [4.69, 9.17) is 0 Å². The predicted octanol–water partition coefficient (Wildman–Crippen LogP) is 12.9. The first kappa shape index (κ1) is 37.2. The molecule has 0 fully saturated rings. The van der Waals surface area contributed by atoms with Gasteiger partial charge in [-0.2, -0.15) is 0 Å². The highest BCUT2D eigenvalue weighted by Crippen LogP contribution is 2.15. The van der Waals surface area contributed by atoms with Crippen LogP contribution in [0, 0.1) is 0 Å². The topological polar surface area (TPSA) is 8.81 Å². The lowest BCUT2D eigenvalue weighted by Gasteiger charge is -2.03. The largest absolute Gasteiger partial charge is 0.243 e. The van der Waals surface area contributed by atoms with Gasteiger partial charge >= 0.3 is 0 Å². The van der Waals surface area contributed by atoms with E-state index >= 15 is 0 Å². The zero-order chi connectivity index (χ0) is 28.6. The molecule has 40 heavy (non-hydrogen) atoms. The maximum Gasteiger partial charge on any atom is 0.243 e. The van der Waals surface area contributed by atoms with Gasteiger partial charge in [0.05, 0.1) is 13.1 Å². The summed E-state index contributed by atoms with van der Waals surface area (Å²) in [6.07, 6.45) is 51.7. The lowest BCUT2D eigenvalue weighted by molar-refractivity contribution is -0.696. The third-order valence-electron chi connectivity index (χ3n) is 9.04. The molecular weight excluding hydrogens is 484 g/mol. The number of hydrogen-bond donors (Lipinski definition) is 0. The van der Waals surface area contributed by atoms with Crippen molar-refractivity contribution >= 4 is 0 Å². The van der Waals surface area contributed by atoms with Gasteiger partial charge in [0.1, 0.15) is 12.4 Å². The van der Waals surface area contributed by atoms with E-state index in [1.165, 1.54) is 212 Å². The molecule has 236 valence electrons. The minimum Gasteiger partial charge on any atom is -0.237 e. The summed E-state index contributed by atoms with van der Waals surface area (Å²) >= 11 is 0. The van der Waals surface area contributed by atoms with Gasteiger partial charge in [-0.15, -0.1) is 0 Å². The van der Waals surface area contributed by atoms with Crippen LogP contribution in [-0.4, -0.2) is 4.57 Å². The predicted molar refractivity (Wildman–Crippen MR) is 179 cm³/mol. The van der Waals surface area contributed by atoms with Crippen LogP contribution in [0.4, 0.5) is 0 Å². The average molecular weight is 560 g/mol. The first-order valence-corrected chi connectivity index (χ1v) is 18.9. The molecule has 0 aliphatic rings. The van der Waals surface area contributed by atoms with Crippen LogP contribution in [0.2, 0.25) is 0 Å². The second kappa shape index (κ2) is 31.2. The van der Waals surface area contributed by atoms with Crippen molar-refractivity contribution in [3.63, 3.8) is 0 Å². The summed E-state index contributed by atoms with van der Waals surface area (Å²) in [5, 5.41) is 0. The SMILES string of the molecule is CCCCCCCCCCCCCCCCCC[n+]1ccn(CCCCCCCCCCCCCCCCC)c1. The molecule has 1 rings (SSSR count). The third-order valence-corrected chi connectivity index (χ3v) is 9.04. The molecule has 0 aliphatic carbocycles. The average Bonchev–Trinajstić information content (AvgIpc) is 3.42. The van der Waals surface area contributed by atoms with Crippen LogP contribution >= 0.6 is 0 Å². The van der Waals surface area contributed by atoms with Gasteiger partial charge in [-0.3, -0.25) is 0 Å². The van der Waals surface area contributed by atoms with Crippen LogP contribution in [0.1, 0.15) is 213 Å². The number of hydrogen-bond acceptors (Lipinski definition) is 0. The molecule has 0 N–H and O–H groups in total. The molecule has 0 saturated heterocycles. The molecule has 0 radical (unpaired) electrons. The van der Waals surface area contributed by atoms with Crippen molar-refractivity contribution in [2.45, 2.75) is 226 Å². The molecule has 0 amide bonds. The van der Waals surface area contributed by atoms with Crippen LogP contribution in [0.25, 0.3) is 0 Å². The molecule has 2 heteroatoms. The Labute approximate surface area is 253 Å². The number of imidazole rings is 1. The molecule has 1 aromatic rings. The van der Waals surface area contributed by atoms with Crippen molar-refractivity contribution in [3.05, 3.63) is 18.7 Å². The second-order valence-corrected chi connectivity index (χ2v) is 13.1. The van der Waals surface area contributed by atoms with Gasteiger partial charge in [-0.25, -0.2) is 9.13 Å². The normalized spacial score (nSPS) is 11.6. The highest BCUT2D eigenvalue weighted by Gasteiger charge is 2.04. The highest BCUT2D eigenvalue weighted by atomic mass is 15.1. The van der Waals surface area contributed by atoms with Gasteiger partial charge in [0.15, 0.2) is 0 Å². The summed E-state index contributed by atoms with van der Waals surface area (Å²) in [6, 6.07) is 0. The van der Waals surface area contributed by atoms with Crippen molar-refractivity contribution in [1.29, 1.82) is 0 Å². The molecular formula is C38H75N2+. The van der Waals surface area contributed by atoms with Gasteiger partial charge < -0.3 is 0 Å². The van der Waals surface area contributed by atoms with Crippen molar-refractivity contribution in [3.8, 4) is 0 Å². The van der Waals surface area contributed by atoms with Crippen LogP contribution in [0.5, 0.6) is 0 Å². The van der Waals surface area contributed by atoms with E-state index in [-0.39, 0.29) is 0 Å². The molecule has 0 atom stereocenters. The Kier molecular flexibility index (Phi) is 29.0. The summed E-state index contributed by atoms with van der Waals surface area (Å²) in [5.74, 6) is 0. The molecule has 0 saturated carbocycles. The van der Waals surface area contributed by atoms with Crippen LogP contribution in [0.3, 0.4) is 0 Å². The van der Waals surface area contributed by atoms with Crippen molar-refractivity contribution < 1.29 is 4.57 Å². The smallest absolute Gasteiger partial charge is 0.237 e. The lowest BCUT2D eigenvalue weighted by atomic mass is 10.0. The maximum atomic E-state index is 2.41. The molecule has 2 nitrogen and oxygen atoms in total. The van der Waals surface area contributed by atoms with Gasteiger partial charge in [-0.1, -0.05) is 187 Å². The van der Waals surface area contributed by atoms with Crippen LogP contribution < -0.4 is 4.57 Å². The Morgan fingerprint density at radius 1 is 0.375 bits per heavy atom. The highest BCUT2D eigenvalue weighted by molar-refractivity contribution is 4.66. The van der Waals surface area contributed by atoms with Crippen molar-refractivity contribution in [2.24, 2.45) is 0 Å². The summed E-state index contributed by atoms with van der Waals surface area (Å²) in [4.78, 5) is 0. The molecule has 1 heterocycles. The number of rotatable bonds is 33. The monoisotopic (exact) mass is 560 g/mol. The fourth-order valence-electron chi connectivity index (χ4n) is 6.21. The van der Waals surface area contributed by atoms with Gasteiger partial charge in [0.25, 0.3) is 0 Å². The Morgan fingerprint density at radius 3 is 1.02 bits per heavy atom. The van der Waals surface area contributed by atoms with Crippen LogP contribution in [-0.2, 0) is 13.1 Å². The standard InChI is InChI=1S/C38H75N2/c1-3-5-7-9-11-13-15-17-19-21-23-25-27-29-31-33-35-40-37-36-39(38-40)34-32-30-28-26-24-22-20-18-16-14-12-10-8-6-4-2/h36-38H,3-35H2,1-2H3/q+1. The fraction of sp³-hybridized carbons (Fsp3) is 0.921. The van der Waals surface area contributed by atoms with Gasteiger partial charge in [0, 0.05) is 0 Å². The molecule has 0 aliphatic heterocycles. The van der Waals surface area contributed by atoms with Crippen LogP contribution in [0.15, 0.2) is 18.7 Å². The Hall–Kier alpha value is -0.790.